The van der Waals surface area contributed by atoms with Crippen LogP contribution in [0.4, 0.5) is 5.69 Å². The molecule has 0 bridgehead atoms. The van der Waals surface area contributed by atoms with Crippen LogP contribution in [0.15, 0.2) is 16.8 Å². The fourth-order valence-corrected chi connectivity index (χ4v) is 2.54. The number of aryl methyl sites for hydroxylation is 1. The molecule has 0 saturated carbocycles. The van der Waals surface area contributed by atoms with Crippen LogP contribution in [0.2, 0.25) is 10.0 Å². The van der Waals surface area contributed by atoms with Crippen LogP contribution in [0.1, 0.15) is 21.7 Å². The Balaban J connectivity index is 2.11. The smallest absolute Gasteiger partial charge is 0.297 e. The van der Waals surface area contributed by atoms with Gasteiger partial charge in [-0.1, -0.05) is 33.5 Å². The molecule has 6 nitrogen and oxygen atoms in total. The van der Waals surface area contributed by atoms with Gasteiger partial charge in [0, 0.05) is 0 Å². The van der Waals surface area contributed by atoms with Gasteiger partial charge in [0.1, 0.15) is 11.4 Å². The van der Waals surface area contributed by atoms with Crippen molar-refractivity contribution >= 4 is 40.6 Å². The summed E-state index contributed by atoms with van der Waals surface area (Å²) in [5.74, 6) is -1.38. The lowest BCUT2D eigenvalue weighted by Gasteiger charge is -2.16. The zero-order chi connectivity index (χ0) is 14.4. The third-order valence-electron chi connectivity index (χ3n) is 3.07. The molecule has 0 N–H and O–H groups in total. The molecule has 0 aliphatic carbocycles. The normalized spacial score (nSPS) is 14.1. The maximum absolute atomic E-state index is 12.1. The highest BCUT2D eigenvalue weighted by atomic mass is 35.5. The summed E-state index contributed by atoms with van der Waals surface area (Å²) in [4.78, 5) is 25.3. The minimum atomic E-state index is -0.697. The third kappa shape index (κ3) is 1.80. The molecule has 1 aromatic heterocycles. The average molecular weight is 312 g/mol. The Morgan fingerprint density at radius 2 is 1.90 bits per heavy atom. The van der Waals surface area contributed by atoms with Gasteiger partial charge in [-0.3, -0.25) is 14.5 Å². The van der Waals surface area contributed by atoms with Gasteiger partial charge in [-0.15, -0.1) is 0 Å². The van der Waals surface area contributed by atoms with Crippen LogP contribution in [-0.2, 0) is 11.3 Å². The number of hydrogen-bond donors (Lipinski definition) is 0. The summed E-state index contributed by atoms with van der Waals surface area (Å²) in [6, 6.07) is 3.02. The van der Waals surface area contributed by atoms with Crippen LogP contribution in [-0.4, -0.2) is 22.0 Å². The zero-order valence-electron chi connectivity index (χ0n) is 10.2. The molecule has 3 rings (SSSR count). The van der Waals surface area contributed by atoms with Crippen molar-refractivity contribution in [1.29, 1.82) is 0 Å². The number of aromatic nitrogens is 2. The van der Waals surface area contributed by atoms with Gasteiger partial charge in [-0.05, 0) is 19.1 Å². The monoisotopic (exact) mass is 311 g/mol. The number of benzene rings is 1. The molecule has 8 heteroatoms. The van der Waals surface area contributed by atoms with Crippen LogP contribution in [0.3, 0.4) is 0 Å². The highest BCUT2D eigenvalue weighted by molar-refractivity contribution is 6.56. The van der Waals surface area contributed by atoms with Crippen LogP contribution >= 0.6 is 23.2 Å². The highest BCUT2D eigenvalue weighted by Crippen LogP contribution is 2.40. The van der Waals surface area contributed by atoms with Crippen LogP contribution < -0.4 is 4.90 Å². The molecule has 2 heterocycles. The van der Waals surface area contributed by atoms with E-state index in [0.29, 0.717) is 17.1 Å². The topological polar surface area (TPSA) is 76.3 Å². The molecule has 0 atom stereocenters. The summed E-state index contributed by atoms with van der Waals surface area (Å²) >= 11 is 12.1. The minimum absolute atomic E-state index is 0.0486. The number of anilines is 1. The number of carbonyl (C=O) groups is 2. The Labute approximate surface area is 123 Å². The van der Waals surface area contributed by atoms with Crippen molar-refractivity contribution in [3.05, 3.63) is 39.1 Å². The van der Waals surface area contributed by atoms with Gasteiger partial charge in [-0.25, -0.2) is 4.63 Å². The lowest BCUT2D eigenvalue weighted by molar-refractivity contribution is -0.114. The van der Waals surface area contributed by atoms with Crippen molar-refractivity contribution < 1.29 is 14.2 Å². The number of nitrogens with zero attached hydrogens (tertiary/aromatic N) is 3. The summed E-state index contributed by atoms with van der Waals surface area (Å²) in [5, 5.41) is 7.80. The van der Waals surface area contributed by atoms with Gasteiger partial charge in [0.25, 0.3) is 11.7 Å². The number of carbonyl (C=O) groups excluding carboxylic acids is 2. The van der Waals surface area contributed by atoms with Gasteiger partial charge in [-0.2, -0.15) is 0 Å². The maximum Gasteiger partial charge on any atom is 0.299 e. The highest BCUT2D eigenvalue weighted by Gasteiger charge is 2.39. The standard InChI is InChI=1S/C12H7Cl2N3O3/c1-5-8(16-20-15-5)4-17-10-7(14)3-2-6(13)9(10)11(18)12(17)19/h2-3H,4H2,1H3. The number of hydrogen-bond acceptors (Lipinski definition) is 5. The second-order valence-corrected chi connectivity index (χ2v) is 5.08. The first kappa shape index (κ1) is 13.1. The number of fused-ring (bicyclic) bond motifs is 1. The lowest BCUT2D eigenvalue weighted by Crippen LogP contribution is -2.29. The van der Waals surface area contributed by atoms with E-state index in [2.05, 4.69) is 14.9 Å². The average Bonchev–Trinajstić information content (AvgIpc) is 2.92. The molecule has 102 valence electrons. The number of Topliss-reactive ketones (excluding diaryl/α,β-unsaturated/α-hetero) is 1. The summed E-state index contributed by atoms with van der Waals surface area (Å²) in [6.07, 6.45) is 0. The molecule has 2 aromatic rings. The Morgan fingerprint density at radius 1 is 1.20 bits per heavy atom. The summed E-state index contributed by atoms with van der Waals surface area (Å²) < 4.78 is 4.58. The Morgan fingerprint density at radius 3 is 2.55 bits per heavy atom. The predicted molar refractivity (Wildman–Crippen MR) is 71.0 cm³/mol. The largest absolute Gasteiger partial charge is 0.299 e. The summed E-state index contributed by atoms with van der Waals surface area (Å²) in [7, 11) is 0. The first-order valence-corrected chi connectivity index (χ1v) is 6.38. The molecule has 0 saturated heterocycles. The molecule has 0 spiro atoms. The second-order valence-electron chi connectivity index (χ2n) is 4.27. The van der Waals surface area contributed by atoms with Crippen LogP contribution in [0.25, 0.3) is 0 Å². The molecular formula is C12H7Cl2N3O3. The molecule has 20 heavy (non-hydrogen) atoms. The third-order valence-corrected chi connectivity index (χ3v) is 3.69. The number of amides is 1. The molecular weight excluding hydrogens is 305 g/mol. The van der Waals surface area contributed by atoms with E-state index in [1.165, 1.54) is 17.0 Å². The SMILES string of the molecule is Cc1nonc1CN1C(=O)C(=O)c2c(Cl)ccc(Cl)c21. The Hall–Kier alpha value is -1.92. The molecule has 1 amide bonds. The van der Waals surface area contributed by atoms with Gasteiger partial charge >= 0.3 is 0 Å². The molecule has 0 radical (unpaired) electrons. The lowest BCUT2D eigenvalue weighted by atomic mass is 10.1. The van der Waals surface area contributed by atoms with Crippen molar-refractivity contribution in [2.45, 2.75) is 13.5 Å². The van der Waals surface area contributed by atoms with Crippen LogP contribution in [0, 0.1) is 6.92 Å². The van der Waals surface area contributed by atoms with Crippen molar-refractivity contribution in [2.24, 2.45) is 0 Å². The molecule has 0 unspecified atom stereocenters. The zero-order valence-corrected chi connectivity index (χ0v) is 11.7. The van der Waals surface area contributed by atoms with E-state index < -0.39 is 11.7 Å². The van der Waals surface area contributed by atoms with Gasteiger partial charge < -0.3 is 0 Å². The predicted octanol–water partition coefficient (Wildman–Crippen LogP) is 2.41. The van der Waals surface area contributed by atoms with E-state index in [1.54, 1.807) is 6.92 Å². The molecule has 0 fully saturated rings. The number of halogens is 2. The van der Waals surface area contributed by atoms with Crippen molar-refractivity contribution in [3.8, 4) is 0 Å². The Bertz CT molecular complexity index is 742. The van der Waals surface area contributed by atoms with Crippen molar-refractivity contribution in [3.63, 3.8) is 0 Å². The van der Waals surface area contributed by atoms with E-state index in [-0.39, 0.29) is 22.2 Å². The summed E-state index contributed by atoms with van der Waals surface area (Å²) in [5.41, 5.74) is 1.42. The van der Waals surface area contributed by atoms with E-state index >= 15 is 0 Å². The van der Waals surface area contributed by atoms with Gasteiger partial charge in [0.05, 0.1) is 27.8 Å². The molecule has 1 aromatic carbocycles. The van der Waals surface area contributed by atoms with Gasteiger partial charge in [0.15, 0.2) is 0 Å². The van der Waals surface area contributed by atoms with E-state index in [9.17, 15) is 9.59 Å². The second kappa shape index (κ2) is 4.57. The van der Waals surface area contributed by atoms with Crippen LogP contribution in [0.5, 0.6) is 0 Å². The maximum atomic E-state index is 12.1. The molecule has 1 aliphatic rings. The fraction of sp³-hybridized carbons (Fsp3) is 0.167. The Kier molecular flexibility index (Phi) is 2.99. The number of ketones is 1. The van der Waals surface area contributed by atoms with E-state index in [1.807, 2.05) is 0 Å². The first-order chi connectivity index (χ1) is 9.50. The van der Waals surface area contributed by atoms with E-state index in [4.69, 9.17) is 23.2 Å². The summed E-state index contributed by atoms with van der Waals surface area (Å²) in [6.45, 7) is 1.74. The fourth-order valence-electron chi connectivity index (χ4n) is 2.05. The van der Waals surface area contributed by atoms with Gasteiger partial charge in [0.2, 0.25) is 0 Å². The molecule has 1 aliphatic heterocycles. The first-order valence-electron chi connectivity index (χ1n) is 5.63. The number of rotatable bonds is 2. The van der Waals surface area contributed by atoms with Crippen molar-refractivity contribution in [1.82, 2.24) is 10.3 Å². The van der Waals surface area contributed by atoms with Crippen molar-refractivity contribution in [2.75, 3.05) is 4.90 Å². The van der Waals surface area contributed by atoms with E-state index in [0.717, 1.165) is 0 Å². The quantitative estimate of drug-likeness (QED) is 0.796. The minimum Gasteiger partial charge on any atom is -0.297 e.